The molecule has 5 heteroatoms. The van der Waals surface area contributed by atoms with Crippen LogP contribution in [-0.4, -0.2) is 31.2 Å². The maximum atomic E-state index is 13.4. The van der Waals surface area contributed by atoms with Crippen LogP contribution in [0.3, 0.4) is 0 Å². The van der Waals surface area contributed by atoms with E-state index >= 15 is 0 Å². The summed E-state index contributed by atoms with van der Waals surface area (Å²) in [7, 11) is 0. The van der Waals surface area contributed by atoms with Gasteiger partial charge in [-0.1, -0.05) is 15.9 Å². The first-order valence-corrected chi connectivity index (χ1v) is 7.55. The highest BCUT2D eigenvalue weighted by atomic mass is 79.9. The van der Waals surface area contributed by atoms with E-state index in [1.807, 2.05) is 6.92 Å². The monoisotopic (exact) mass is 344 g/mol. The van der Waals surface area contributed by atoms with Gasteiger partial charge in [0.1, 0.15) is 11.4 Å². The molecule has 0 bridgehead atoms. The number of ketones is 1. The first kappa shape index (κ1) is 15.6. The molecule has 1 fully saturated rings. The number of rotatable bonds is 5. The molecule has 0 atom stereocenters. The average molecular weight is 345 g/mol. The first-order valence-electron chi connectivity index (χ1n) is 6.76. The van der Waals surface area contributed by atoms with Crippen molar-refractivity contribution in [3.8, 4) is 0 Å². The van der Waals surface area contributed by atoms with Crippen LogP contribution >= 0.6 is 15.9 Å². The van der Waals surface area contributed by atoms with Gasteiger partial charge in [-0.3, -0.25) is 4.79 Å². The van der Waals surface area contributed by atoms with Gasteiger partial charge in [-0.2, -0.15) is 0 Å². The number of benzene rings is 1. The van der Waals surface area contributed by atoms with Crippen LogP contribution < -0.4 is 0 Å². The van der Waals surface area contributed by atoms with E-state index in [4.69, 9.17) is 9.47 Å². The summed E-state index contributed by atoms with van der Waals surface area (Å²) in [6, 6.07) is 4.53. The van der Waals surface area contributed by atoms with Crippen LogP contribution in [-0.2, 0) is 20.7 Å². The van der Waals surface area contributed by atoms with Crippen molar-refractivity contribution in [3.63, 3.8) is 0 Å². The Kier molecular flexibility index (Phi) is 5.29. The van der Waals surface area contributed by atoms with Crippen molar-refractivity contribution in [1.29, 1.82) is 0 Å². The van der Waals surface area contributed by atoms with Crippen LogP contribution in [0.5, 0.6) is 0 Å². The number of carbonyl (C=O) groups is 1. The molecule has 0 spiro atoms. The lowest BCUT2D eigenvalue weighted by Gasteiger charge is -2.35. The second-order valence-corrected chi connectivity index (χ2v) is 5.83. The minimum absolute atomic E-state index is 0.000139. The minimum atomic E-state index is -0.772. The van der Waals surface area contributed by atoms with Gasteiger partial charge in [0.25, 0.3) is 0 Å². The van der Waals surface area contributed by atoms with E-state index in [0.717, 1.165) is 0 Å². The number of ether oxygens (including phenoxy) is 2. The Hall–Kier alpha value is -0.780. The molecule has 0 unspecified atom stereocenters. The molecule has 1 saturated heterocycles. The molecule has 0 aromatic heterocycles. The summed E-state index contributed by atoms with van der Waals surface area (Å²) >= 11 is 3.24. The molecule has 0 amide bonds. The Bertz CT molecular complexity index is 458. The molecule has 1 aromatic rings. The third-order valence-corrected chi connectivity index (χ3v) is 3.97. The maximum absolute atomic E-state index is 13.4. The summed E-state index contributed by atoms with van der Waals surface area (Å²) in [6.45, 7) is 3.42. The smallest absolute Gasteiger partial charge is 0.169 e. The molecule has 110 valence electrons. The number of hydrogen-bond acceptors (Lipinski definition) is 3. The normalized spacial score (nSPS) is 17.9. The Morgan fingerprint density at radius 3 is 2.70 bits per heavy atom. The largest absolute Gasteiger partial charge is 0.381 e. The lowest BCUT2D eigenvalue weighted by atomic mass is 9.86. The van der Waals surface area contributed by atoms with Crippen molar-refractivity contribution in [2.45, 2.75) is 31.8 Å². The van der Waals surface area contributed by atoms with Crippen LogP contribution in [0.25, 0.3) is 0 Å². The standard InChI is InChI=1S/C15H18BrFO3/c1-2-20-15(3-5-19-6-4-15)14(18)9-11-7-12(16)10-13(17)8-11/h7-8,10H,2-6,9H2,1H3. The van der Waals surface area contributed by atoms with Gasteiger partial charge >= 0.3 is 0 Å². The zero-order valence-electron chi connectivity index (χ0n) is 11.5. The number of Topliss-reactive ketones (excluding diaryl/α,β-unsaturated/α-hetero) is 1. The van der Waals surface area contributed by atoms with Gasteiger partial charge in [-0.15, -0.1) is 0 Å². The molecule has 1 heterocycles. The van der Waals surface area contributed by atoms with Crippen LogP contribution in [0.4, 0.5) is 4.39 Å². The summed E-state index contributed by atoms with van der Waals surface area (Å²) in [5.41, 5.74) is -0.112. The molecular weight excluding hydrogens is 327 g/mol. The van der Waals surface area contributed by atoms with E-state index in [1.54, 1.807) is 6.07 Å². The minimum Gasteiger partial charge on any atom is -0.381 e. The van der Waals surface area contributed by atoms with E-state index in [-0.39, 0.29) is 18.0 Å². The number of carbonyl (C=O) groups excluding carboxylic acids is 1. The summed E-state index contributed by atoms with van der Waals surface area (Å²) < 4.78 is 25.0. The quantitative estimate of drug-likeness (QED) is 0.822. The average Bonchev–Trinajstić information content (AvgIpc) is 2.38. The van der Waals surface area contributed by atoms with E-state index in [1.165, 1.54) is 12.1 Å². The third-order valence-electron chi connectivity index (χ3n) is 3.52. The van der Waals surface area contributed by atoms with Crippen molar-refractivity contribution in [3.05, 3.63) is 34.1 Å². The van der Waals surface area contributed by atoms with Crippen molar-refractivity contribution < 1.29 is 18.7 Å². The van der Waals surface area contributed by atoms with Gasteiger partial charge in [0.2, 0.25) is 0 Å². The highest BCUT2D eigenvalue weighted by molar-refractivity contribution is 9.10. The third kappa shape index (κ3) is 3.65. The molecule has 1 aliphatic rings. The topological polar surface area (TPSA) is 35.5 Å². The van der Waals surface area contributed by atoms with Crippen molar-refractivity contribution >= 4 is 21.7 Å². The molecule has 1 aromatic carbocycles. The van der Waals surface area contributed by atoms with E-state index in [2.05, 4.69) is 15.9 Å². The zero-order valence-corrected chi connectivity index (χ0v) is 13.0. The number of hydrogen-bond donors (Lipinski definition) is 0. The molecule has 0 radical (unpaired) electrons. The lowest BCUT2D eigenvalue weighted by molar-refractivity contribution is -0.156. The Balaban J connectivity index is 2.15. The fourth-order valence-electron chi connectivity index (χ4n) is 2.54. The summed E-state index contributed by atoms with van der Waals surface area (Å²) in [6.07, 6.45) is 1.31. The molecule has 2 rings (SSSR count). The van der Waals surface area contributed by atoms with Gasteiger partial charge in [0, 0.05) is 43.6 Å². The van der Waals surface area contributed by atoms with Crippen LogP contribution in [0.2, 0.25) is 0 Å². The zero-order chi connectivity index (χ0) is 14.6. The molecule has 3 nitrogen and oxygen atoms in total. The van der Waals surface area contributed by atoms with Crippen molar-refractivity contribution in [2.75, 3.05) is 19.8 Å². The van der Waals surface area contributed by atoms with E-state index < -0.39 is 5.60 Å². The van der Waals surface area contributed by atoms with Gasteiger partial charge in [-0.25, -0.2) is 4.39 Å². The second-order valence-electron chi connectivity index (χ2n) is 4.92. The Morgan fingerprint density at radius 2 is 2.10 bits per heavy atom. The van der Waals surface area contributed by atoms with Crippen LogP contribution in [0.15, 0.2) is 22.7 Å². The van der Waals surface area contributed by atoms with E-state index in [9.17, 15) is 9.18 Å². The van der Waals surface area contributed by atoms with Crippen molar-refractivity contribution in [1.82, 2.24) is 0 Å². The molecule has 0 aliphatic carbocycles. The van der Waals surface area contributed by atoms with Gasteiger partial charge in [-0.05, 0) is 30.7 Å². The SMILES string of the molecule is CCOC1(C(=O)Cc2cc(F)cc(Br)c2)CCOCC1. The predicted molar refractivity (Wildman–Crippen MR) is 77.2 cm³/mol. The fourth-order valence-corrected chi connectivity index (χ4v) is 3.05. The summed E-state index contributed by atoms with van der Waals surface area (Å²) in [4.78, 5) is 12.6. The molecule has 0 N–H and O–H groups in total. The van der Waals surface area contributed by atoms with Gasteiger partial charge < -0.3 is 9.47 Å². The second kappa shape index (κ2) is 6.78. The van der Waals surface area contributed by atoms with E-state index in [0.29, 0.717) is 42.7 Å². The molecule has 20 heavy (non-hydrogen) atoms. The highest BCUT2D eigenvalue weighted by Crippen LogP contribution is 2.28. The highest BCUT2D eigenvalue weighted by Gasteiger charge is 2.40. The van der Waals surface area contributed by atoms with Crippen molar-refractivity contribution in [2.24, 2.45) is 0 Å². The maximum Gasteiger partial charge on any atom is 0.169 e. The van der Waals surface area contributed by atoms with Gasteiger partial charge in [0.05, 0.1) is 0 Å². The summed E-state index contributed by atoms with van der Waals surface area (Å²) in [5.74, 6) is -0.347. The first-order chi connectivity index (χ1) is 9.55. The molecular formula is C15H18BrFO3. The van der Waals surface area contributed by atoms with Crippen LogP contribution in [0.1, 0.15) is 25.3 Å². The van der Waals surface area contributed by atoms with Crippen LogP contribution in [0, 0.1) is 5.82 Å². The lowest BCUT2D eigenvalue weighted by Crippen LogP contribution is -2.47. The predicted octanol–water partition coefficient (Wildman–Crippen LogP) is 3.29. The molecule has 0 saturated carbocycles. The molecule has 1 aliphatic heterocycles. The Morgan fingerprint density at radius 1 is 1.40 bits per heavy atom. The Labute approximate surface area is 126 Å². The fraction of sp³-hybridized carbons (Fsp3) is 0.533. The summed E-state index contributed by atoms with van der Waals surface area (Å²) in [5, 5.41) is 0. The van der Waals surface area contributed by atoms with Gasteiger partial charge in [0.15, 0.2) is 5.78 Å². The number of halogens is 2.